The topological polar surface area (TPSA) is 54.9 Å². The van der Waals surface area contributed by atoms with Crippen molar-refractivity contribution in [3.8, 4) is 0 Å². The van der Waals surface area contributed by atoms with Crippen molar-refractivity contribution in [3.63, 3.8) is 0 Å². The summed E-state index contributed by atoms with van der Waals surface area (Å²) in [6, 6.07) is 1.90. The van der Waals surface area contributed by atoms with E-state index in [1.807, 2.05) is 11.4 Å². The molecule has 0 fully saturated rings. The first-order chi connectivity index (χ1) is 6.25. The summed E-state index contributed by atoms with van der Waals surface area (Å²) in [5.74, 6) is 0.202. The molecule has 4 nitrogen and oxygen atoms in total. The maximum absolute atomic E-state index is 10.7. The molecule has 0 saturated carbocycles. The van der Waals surface area contributed by atoms with Crippen LogP contribution < -0.4 is 5.32 Å². The quantitative estimate of drug-likeness (QED) is 0.749. The number of carbonyl (C=O) groups is 1. The largest absolute Gasteiger partial charge is 0.295 e. The number of aromatic nitrogens is 2. The van der Waals surface area contributed by atoms with Gasteiger partial charge < -0.3 is 0 Å². The summed E-state index contributed by atoms with van der Waals surface area (Å²) >= 11 is 1.58. The van der Waals surface area contributed by atoms with E-state index in [2.05, 4.69) is 15.3 Å². The smallest absolute Gasteiger partial charge is 0.229 e. The van der Waals surface area contributed by atoms with E-state index in [-0.39, 0.29) is 5.91 Å². The predicted molar refractivity (Wildman–Crippen MR) is 51.7 cm³/mol. The van der Waals surface area contributed by atoms with E-state index < -0.39 is 0 Å². The zero-order valence-electron chi connectivity index (χ0n) is 6.94. The van der Waals surface area contributed by atoms with Crippen molar-refractivity contribution in [3.05, 3.63) is 17.6 Å². The number of nitrogens with one attached hydrogen (secondary N) is 1. The molecule has 0 aliphatic carbocycles. The van der Waals surface area contributed by atoms with Crippen LogP contribution in [0, 0.1) is 0 Å². The standard InChI is InChI=1S/C8H7N3OS/c1-5(12)10-8-9-4-7-6(11-8)2-3-13-7/h2-4H,1H3,(H,9,10,11,12). The van der Waals surface area contributed by atoms with Crippen molar-refractivity contribution in [1.82, 2.24) is 9.97 Å². The normalized spacial score (nSPS) is 10.2. The SMILES string of the molecule is CC(=O)Nc1ncc2sccc2n1. The van der Waals surface area contributed by atoms with Crippen molar-refractivity contribution in [2.45, 2.75) is 6.92 Å². The number of amides is 1. The van der Waals surface area contributed by atoms with Crippen LogP contribution in [0.2, 0.25) is 0 Å². The molecule has 2 heterocycles. The number of anilines is 1. The highest BCUT2D eigenvalue weighted by Crippen LogP contribution is 2.18. The summed E-state index contributed by atoms with van der Waals surface area (Å²) in [5.41, 5.74) is 0.865. The van der Waals surface area contributed by atoms with Gasteiger partial charge in [0.05, 0.1) is 16.4 Å². The molecule has 2 aromatic rings. The van der Waals surface area contributed by atoms with Gasteiger partial charge in [-0.05, 0) is 11.4 Å². The Kier molecular flexibility index (Phi) is 1.94. The molecule has 0 aliphatic rings. The first-order valence-electron chi connectivity index (χ1n) is 3.73. The average Bonchev–Trinajstić information content (AvgIpc) is 2.49. The number of fused-ring (bicyclic) bond motifs is 1. The highest BCUT2D eigenvalue weighted by molar-refractivity contribution is 7.17. The molecule has 0 aromatic carbocycles. The summed E-state index contributed by atoms with van der Waals surface area (Å²) in [5, 5.41) is 4.47. The molecular formula is C8H7N3OS. The molecule has 66 valence electrons. The Morgan fingerprint density at radius 3 is 3.23 bits per heavy atom. The van der Waals surface area contributed by atoms with Crippen LogP contribution in [-0.4, -0.2) is 15.9 Å². The second-order valence-corrected chi connectivity index (χ2v) is 3.49. The van der Waals surface area contributed by atoms with Gasteiger partial charge in [0.15, 0.2) is 0 Å². The Morgan fingerprint density at radius 1 is 1.62 bits per heavy atom. The van der Waals surface area contributed by atoms with Crippen molar-refractivity contribution >= 4 is 33.4 Å². The Balaban J connectivity index is 2.42. The number of carbonyl (C=O) groups excluding carboxylic acids is 1. The summed E-state index contributed by atoms with van der Waals surface area (Å²) in [6.07, 6.45) is 1.71. The summed E-state index contributed by atoms with van der Waals surface area (Å²) < 4.78 is 1.02. The zero-order chi connectivity index (χ0) is 9.26. The third-order valence-electron chi connectivity index (χ3n) is 1.49. The van der Waals surface area contributed by atoms with E-state index in [1.54, 1.807) is 17.5 Å². The highest BCUT2D eigenvalue weighted by Gasteiger charge is 2.01. The zero-order valence-corrected chi connectivity index (χ0v) is 7.76. The third-order valence-corrected chi connectivity index (χ3v) is 2.33. The van der Waals surface area contributed by atoms with Crippen LogP contribution in [0.3, 0.4) is 0 Å². The summed E-state index contributed by atoms with van der Waals surface area (Å²) in [4.78, 5) is 18.8. The molecule has 0 atom stereocenters. The molecule has 13 heavy (non-hydrogen) atoms. The minimum atomic E-state index is -0.158. The highest BCUT2D eigenvalue weighted by atomic mass is 32.1. The van der Waals surface area contributed by atoms with Gasteiger partial charge in [-0.25, -0.2) is 9.97 Å². The van der Waals surface area contributed by atoms with Gasteiger partial charge >= 0.3 is 0 Å². The number of nitrogens with zero attached hydrogens (tertiary/aromatic N) is 2. The Labute approximate surface area is 78.6 Å². The lowest BCUT2D eigenvalue weighted by molar-refractivity contribution is -0.114. The van der Waals surface area contributed by atoms with E-state index in [4.69, 9.17) is 0 Å². The van der Waals surface area contributed by atoms with Gasteiger partial charge in [-0.15, -0.1) is 11.3 Å². The van der Waals surface area contributed by atoms with Gasteiger partial charge in [0, 0.05) is 6.92 Å². The molecule has 1 N–H and O–H groups in total. The number of thiophene rings is 1. The van der Waals surface area contributed by atoms with Crippen molar-refractivity contribution < 1.29 is 4.79 Å². The maximum atomic E-state index is 10.7. The van der Waals surface area contributed by atoms with Crippen molar-refractivity contribution in [2.75, 3.05) is 5.32 Å². The Hall–Kier alpha value is -1.49. The van der Waals surface area contributed by atoms with Crippen LogP contribution in [0.25, 0.3) is 10.2 Å². The monoisotopic (exact) mass is 193 g/mol. The molecule has 0 bridgehead atoms. The molecule has 0 spiro atoms. The van der Waals surface area contributed by atoms with Crippen LogP contribution in [0.5, 0.6) is 0 Å². The molecule has 2 aromatic heterocycles. The first kappa shape index (κ1) is 8.12. The van der Waals surface area contributed by atoms with E-state index in [0.29, 0.717) is 5.95 Å². The van der Waals surface area contributed by atoms with Gasteiger partial charge in [0.2, 0.25) is 11.9 Å². The van der Waals surface area contributed by atoms with Crippen LogP contribution in [0.4, 0.5) is 5.95 Å². The van der Waals surface area contributed by atoms with Gasteiger partial charge in [0.1, 0.15) is 0 Å². The van der Waals surface area contributed by atoms with E-state index in [1.165, 1.54) is 6.92 Å². The van der Waals surface area contributed by atoms with Gasteiger partial charge in [-0.2, -0.15) is 0 Å². The fraction of sp³-hybridized carbons (Fsp3) is 0.125. The third kappa shape index (κ3) is 1.65. The molecule has 0 unspecified atom stereocenters. The Bertz CT molecular complexity index is 451. The second-order valence-electron chi connectivity index (χ2n) is 2.54. The molecule has 1 amide bonds. The number of hydrogen-bond donors (Lipinski definition) is 1. The van der Waals surface area contributed by atoms with Gasteiger partial charge in [-0.1, -0.05) is 0 Å². The van der Waals surface area contributed by atoms with E-state index in [9.17, 15) is 4.79 Å². The number of rotatable bonds is 1. The predicted octanol–water partition coefficient (Wildman–Crippen LogP) is 1.65. The van der Waals surface area contributed by atoms with Crippen LogP contribution in [-0.2, 0) is 4.79 Å². The molecular weight excluding hydrogens is 186 g/mol. The lowest BCUT2D eigenvalue weighted by Gasteiger charge is -1.97. The minimum Gasteiger partial charge on any atom is -0.295 e. The first-order valence-corrected chi connectivity index (χ1v) is 4.61. The van der Waals surface area contributed by atoms with Crippen LogP contribution >= 0.6 is 11.3 Å². The summed E-state index contributed by atoms with van der Waals surface area (Å²) in [7, 11) is 0. The van der Waals surface area contributed by atoms with Crippen LogP contribution in [0.1, 0.15) is 6.92 Å². The molecule has 0 aliphatic heterocycles. The maximum Gasteiger partial charge on any atom is 0.229 e. The molecule has 5 heteroatoms. The average molecular weight is 193 g/mol. The lowest BCUT2D eigenvalue weighted by Crippen LogP contribution is -2.08. The minimum absolute atomic E-state index is 0.158. The van der Waals surface area contributed by atoms with E-state index in [0.717, 1.165) is 10.2 Å². The fourth-order valence-electron chi connectivity index (χ4n) is 0.984. The fourth-order valence-corrected chi connectivity index (χ4v) is 1.68. The van der Waals surface area contributed by atoms with Crippen LogP contribution in [0.15, 0.2) is 17.6 Å². The van der Waals surface area contributed by atoms with E-state index >= 15 is 0 Å². The van der Waals surface area contributed by atoms with Crippen molar-refractivity contribution in [2.24, 2.45) is 0 Å². The molecule has 2 rings (SSSR count). The van der Waals surface area contributed by atoms with Gasteiger partial charge in [-0.3, -0.25) is 10.1 Å². The Morgan fingerprint density at radius 2 is 2.46 bits per heavy atom. The lowest BCUT2D eigenvalue weighted by atomic mass is 10.5. The summed E-state index contributed by atoms with van der Waals surface area (Å²) in [6.45, 7) is 1.43. The second kappa shape index (κ2) is 3.10. The molecule has 0 saturated heterocycles. The molecule has 0 radical (unpaired) electrons. The number of hydrogen-bond acceptors (Lipinski definition) is 4. The van der Waals surface area contributed by atoms with Crippen molar-refractivity contribution in [1.29, 1.82) is 0 Å². The van der Waals surface area contributed by atoms with Gasteiger partial charge in [0.25, 0.3) is 0 Å².